The lowest BCUT2D eigenvalue weighted by Gasteiger charge is -2.35. The molecule has 0 radical (unpaired) electrons. The maximum atomic E-state index is 3.75. The summed E-state index contributed by atoms with van der Waals surface area (Å²) in [5.74, 6) is 0.896. The van der Waals surface area contributed by atoms with Crippen molar-refractivity contribution in [3.8, 4) is 0 Å². The smallest absolute Gasteiger partial charge is 0.00967 e. The lowest BCUT2D eigenvalue weighted by Crippen LogP contribution is -2.44. The number of nitrogens with one attached hydrogen (secondary N) is 1. The minimum atomic E-state index is 0.202. The van der Waals surface area contributed by atoms with E-state index in [1.54, 1.807) is 5.56 Å². The van der Waals surface area contributed by atoms with E-state index >= 15 is 0 Å². The van der Waals surface area contributed by atoms with E-state index in [1.807, 2.05) is 0 Å². The van der Waals surface area contributed by atoms with Gasteiger partial charge < -0.3 is 5.32 Å². The summed E-state index contributed by atoms with van der Waals surface area (Å²) in [5.41, 5.74) is 6.48. The van der Waals surface area contributed by atoms with Crippen LogP contribution in [0.4, 0.5) is 0 Å². The van der Waals surface area contributed by atoms with Crippen molar-refractivity contribution in [3.05, 3.63) is 34.4 Å². The van der Waals surface area contributed by atoms with Gasteiger partial charge in [0.2, 0.25) is 0 Å². The molecule has 0 amide bonds. The third-order valence-electron chi connectivity index (χ3n) is 5.01. The summed E-state index contributed by atoms with van der Waals surface area (Å²) < 4.78 is 0. The standard InChI is InChI=1S/C20H33N/c1-14-10-15(2)18(16(3)11-14)12-20(7,17-8-9-17)13-21-19(4,5)6/h10-11,17,21H,8-9,12-13H2,1-7H3. The van der Waals surface area contributed by atoms with Crippen molar-refractivity contribution in [2.75, 3.05) is 6.54 Å². The highest BCUT2D eigenvalue weighted by atomic mass is 15.0. The van der Waals surface area contributed by atoms with Crippen LogP contribution in [0.2, 0.25) is 0 Å². The average molecular weight is 287 g/mol. The van der Waals surface area contributed by atoms with Gasteiger partial charge in [-0.15, -0.1) is 0 Å². The highest BCUT2D eigenvalue weighted by molar-refractivity contribution is 5.38. The van der Waals surface area contributed by atoms with Crippen molar-refractivity contribution in [3.63, 3.8) is 0 Å². The van der Waals surface area contributed by atoms with E-state index < -0.39 is 0 Å². The van der Waals surface area contributed by atoms with Crippen LogP contribution in [0.25, 0.3) is 0 Å². The van der Waals surface area contributed by atoms with Crippen LogP contribution in [-0.2, 0) is 6.42 Å². The van der Waals surface area contributed by atoms with Crippen LogP contribution in [0.5, 0.6) is 0 Å². The largest absolute Gasteiger partial charge is 0.312 e. The molecule has 0 heterocycles. The molecule has 0 aromatic heterocycles. The Morgan fingerprint density at radius 3 is 1.95 bits per heavy atom. The molecule has 1 saturated carbocycles. The van der Waals surface area contributed by atoms with Crippen LogP contribution in [0.3, 0.4) is 0 Å². The van der Waals surface area contributed by atoms with Crippen molar-refractivity contribution in [2.45, 2.75) is 73.3 Å². The molecule has 1 nitrogen and oxygen atoms in total. The van der Waals surface area contributed by atoms with Gasteiger partial charge in [0, 0.05) is 12.1 Å². The number of hydrogen-bond acceptors (Lipinski definition) is 1. The van der Waals surface area contributed by atoms with Crippen LogP contribution >= 0.6 is 0 Å². The summed E-state index contributed by atoms with van der Waals surface area (Å²) in [4.78, 5) is 0. The third kappa shape index (κ3) is 4.32. The van der Waals surface area contributed by atoms with Gasteiger partial charge in [-0.05, 0) is 88.8 Å². The Hall–Kier alpha value is -0.820. The molecule has 1 aliphatic carbocycles. The Morgan fingerprint density at radius 2 is 1.52 bits per heavy atom. The van der Waals surface area contributed by atoms with Gasteiger partial charge >= 0.3 is 0 Å². The first-order valence-corrected chi connectivity index (χ1v) is 8.42. The molecule has 1 atom stereocenters. The molecule has 0 saturated heterocycles. The van der Waals surface area contributed by atoms with Gasteiger partial charge in [0.05, 0.1) is 0 Å². The maximum absolute atomic E-state index is 3.75. The first-order chi connectivity index (χ1) is 9.61. The van der Waals surface area contributed by atoms with Crippen molar-refractivity contribution in [1.29, 1.82) is 0 Å². The molecular weight excluding hydrogens is 254 g/mol. The second-order valence-electron chi connectivity index (χ2n) is 8.59. The molecule has 1 aromatic rings. The fourth-order valence-corrected chi connectivity index (χ4v) is 3.49. The first-order valence-electron chi connectivity index (χ1n) is 8.42. The molecule has 1 unspecified atom stereocenters. The average Bonchev–Trinajstić information content (AvgIpc) is 3.15. The van der Waals surface area contributed by atoms with Gasteiger partial charge in [-0.2, -0.15) is 0 Å². The normalized spacial score (nSPS) is 18.6. The molecule has 118 valence electrons. The highest BCUT2D eigenvalue weighted by Crippen LogP contribution is 2.47. The highest BCUT2D eigenvalue weighted by Gasteiger charge is 2.42. The van der Waals surface area contributed by atoms with E-state index in [0.29, 0.717) is 5.41 Å². The van der Waals surface area contributed by atoms with Gasteiger partial charge in [0.15, 0.2) is 0 Å². The van der Waals surface area contributed by atoms with Gasteiger partial charge in [0.1, 0.15) is 0 Å². The fraction of sp³-hybridized carbons (Fsp3) is 0.700. The lowest BCUT2D eigenvalue weighted by molar-refractivity contribution is 0.227. The molecule has 2 rings (SSSR count). The van der Waals surface area contributed by atoms with Crippen molar-refractivity contribution < 1.29 is 0 Å². The van der Waals surface area contributed by atoms with Crippen LogP contribution < -0.4 is 5.32 Å². The van der Waals surface area contributed by atoms with E-state index in [0.717, 1.165) is 12.5 Å². The minimum Gasteiger partial charge on any atom is -0.312 e. The van der Waals surface area contributed by atoms with Crippen LogP contribution in [0.1, 0.15) is 62.8 Å². The zero-order valence-electron chi connectivity index (χ0n) is 15.1. The van der Waals surface area contributed by atoms with Crippen LogP contribution in [-0.4, -0.2) is 12.1 Å². The van der Waals surface area contributed by atoms with Crippen molar-refractivity contribution >= 4 is 0 Å². The van der Waals surface area contributed by atoms with Crippen molar-refractivity contribution in [1.82, 2.24) is 5.32 Å². The predicted octanol–water partition coefficient (Wildman–Crippen LogP) is 4.96. The Kier molecular flexibility index (Phi) is 4.54. The van der Waals surface area contributed by atoms with E-state index in [2.05, 4.69) is 65.9 Å². The zero-order valence-corrected chi connectivity index (χ0v) is 15.1. The summed E-state index contributed by atoms with van der Waals surface area (Å²) in [6, 6.07) is 4.68. The Labute approximate surface area is 131 Å². The second kappa shape index (κ2) is 5.76. The monoisotopic (exact) mass is 287 g/mol. The fourth-order valence-electron chi connectivity index (χ4n) is 3.49. The number of rotatable bonds is 5. The molecule has 1 N–H and O–H groups in total. The Bertz CT molecular complexity index is 482. The summed E-state index contributed by atoms with van der Waals surface area (Å²) in [7, 11) is 0. The topological polar surface area (TPSA) is 12.0 Å². The molecule has 1 fully saturated rings. The lowest BCUT2D eigenvalue weighted by atomic mass is 9.76. The second-order valence-corrected chi connectivity index (χ2v) is 8.59. The molecule has 0 spiro atoms. The molecule has 1 aromatic carbocycles. The minimum absolute atomic E-state index is 0.202. The SMILES string of the molecule is Cc1cc(C)c(CC(C)(CNC(C)(C)C)C2CC2)c(C)c1. The first kappa shape index (κ1) is 16.5. The van der Waals surface area contributed by atoms with E-state index in [9.17, 15) is 0 Å². The van der Waals surface area contributed by atoms with E-state index in [-0.39, 0.29) is 5.54 Å². The maximum Gasteiger partial charge on any atom is 0.00967 e. The van der Waals surface area contributed by atoms with Crippen LogP contribution in [0, 0.1) is 32.1 Å². The van der Waals surface area contributed by atoms with Gasteiger partial charge in [-0.3, -0.25) is 0 Å². The molecular formula is C20H33N. The summed E-state index contributed by atoms with van der Waals surface area (Å²) >= 11 is 0. The van der Waals surface area contributed by atoms with Gasteiger partial charge in [-0.1, -0.05) is 24.6 Å². The summed E-state index contributed by atoms with van der Waals surface area (Å²) in [6.45, 7) is 17.2. The molecule has 0 bridgehead atoms. The number of benzene rings is 1. The molecule has 21 heavy (non-hydrogen) atoms. The zero-order chi connectivity index (χ0) is 15.8. The third-order valence-corrected chi connectivity index (χ3v) is 5.01. The number of hydrogen-bond donors (Lipinski definition) is 1. The van der Waals surface area contributed by atoms with E-state index in [1.165, 1.54) is 36.0 Å². The van der Waals surface area contributed by atoms with Gasteiger partial charge in [0.25, 0.3) is 0 Å². The van der Waals surface area contributed by atoms with Crippen molar-refractivity contribution in [2.24, 2.45) is 11.3 Å². The Morgan fingerprint density at radius 1 is 1.00 bits per heavy atom. The quantitative estimate of drug-likeness (QED) is 0.807. The molecule has 1 aliphatic rings. The Balaban J connectivity index is 2.20. The summed E-state index contributed by atoms with van der Waals surface area (Å²) in [6.07, 6.45) is 4.03. The number of aryl methyl sites for hydroxylation is 3. The molecule has 1 heteroatoms. The summed E-state index contributed by atoms with van der Waals surface area (Å²) in [5, 5.41) is 3.75. The molecule has 0 aliphatic heterocycles. The van der Waals surface area contributed by atoms with Gasteiger partial charge in [-0.25, -0.2) is 0 Å². The predicted molar refractivity (Wildman–Crippen MR) is 92.9 cm³/mol. The van der Waals surface area contributed by atoms with Crippen LogP contribution in [0.15, 0.2) is 12.1 Å². The van der Waals surface area contributed by atoms with E-state index in [4.69, 9.17) is 0 Å².